The number of fused-ring (bicyclic) bond motifs is 1. The van der Waals surface area contributed by atoms with Gasteiger partial charge in [0.1, 0.15) is 6.61 Å². The van der Waals surface area contributed by atoms with Crippen molar-refractivity contribution in [3.8, 4) is 23.0 Å². The summed E-state index contributed by atoms with van der Waals surface area (Å²) in [6, 6.07) is 10.0. The highest BCUT2D eigenvalue weighted by atomic mass is 32.1. The maximum absolute atomic E-state index is 14.0. The Labute approximate surface area is 249 Å². The second-order valence-electron chi connectivity index (χ2n) is 10.0. The molecule has 1 aromatic heterocycles. The van der Waals surface area contributed by atoms with Crippen LogP contribution >= 0.6 is 11.3 Å². The van der Waals surface area contributed by atoms with E-state index < -0.39 is 12.0 Å². The maximum Gasteiger partial charge on any atom is 0.338 e. The van der Waals surface area contributed by atoms with E-state index in [0.717, 1.165) is 12.0 Å². The van der Waals surface area contributed by atoms with Crippen LogP contribution in [0, 0.1) is 5.92 Å². The van der Waals surface area contributed by atoms with E-state index in [-0.39, 0.29) is 17.7 Å². The molecule has 4 rings (SSSR count). The van der Waals surface area contributed by atoms with E-state index in [4.69, 9.17) is 23.7 Å². The number of hydrogen-bond donors (Lipinski definition) is 0. The lowest BCUT2D eigenvalue weighted by Crippen LogP contribution is -2.40. The molecule has 0 saturated heterocycles. The van der Waals surface area contributed by atoms with Crippen molar-refractivity contribution in [3.63, 3.8) is 0 Å². The fourth-order valence-corrected chi connectivity index (χ4v) is 5.63. The molecule has 0 radical (unpaired) electrons. The third-order valence-corrected chi connectivity index (χ3v) is 7.72. The predicted octanol–water partition coefficient (Wildman–Crippen LogP) is 4.42. The molecule has 2 aromatic carbocycles. The number of nitrogens with zero attached hydrogens (tertiary/aromatic N) is 2. The zero-order chi connectivity index (χ0) is 30.4. The van der Waals surface area contributed by atoms with E-state index in [1.165, 1.54) is 22.0 Å². The number of carbonyl (C=O) groups is 1. The molecule has 222 valence electrons. The SMILES string of the molecule is C=CCOC(=O)C1=C(C)N=c2sc(=Cc3ccc(OC)c(OC)c3)c(=O)n2C1c1ccc(OCCC(C)C)c(OC)c1. The normalized spacial score (nSPS) is 14.7. The van der Waals surface area contributed by atoms with Crippen LogP contribution in [0.1, 0.15) is 44.4 Å². The number of hydrogen-bond acceptors (Lipinski definition) is 9. The van der Waals surface area contributed by atoms with Crippen LogP contribution in [0.3, 0.4) is 0 Å². The summed E-state index contributed by atoms with van der Waals surface area (Å²) >= 11 is 1.24. The average Bonchev–Trinajstić information content (AvgIpc) is 3.28. The molecule has 2 heterocycles. The van der Waals surface area contributed by atoms with Crippen molar-refractivity contribution in [2.45, 2.75) is 33.2 Å². The minimum Gasteiger partial charge on any atom is -0.493 e. The van der Waals surface area contributed by atoms with Crippen LogP contribution in [0.15, 0.2) is 70.1 Å². The van der Waals surface area contributed by atoms with Crippen LogP contribution in [-0.2, 0) is 9.53 Å². The van der Waals surface area contributed by atoms with E-state index in [1.54, 1.807) is 58.6 Å². The van der Waals surface area contributed by atoms with Gasteiger partial charge in [-0.05, 0) is 60.7 Å². The van der Waals surface area contributed by atoms with Gasteiger partial charge < -0.3 is 23.7 Å². The van der Waals surface area contributed by atoms with Crippen LogP contribution in [0.5, 0.6) is 23.0 Å². The summed E-state index contributed by atoms with van der Waals surface area (Å²) in [4.78, 5) is 32.4. The molecule has 0 saturated carbocycles. The van der Waals surface area contributed by atoms with Gasteiger partial charge in [-0.3, -0.25) is 9.36 Å². The molecular formula is C32H36N2O7S. The second kappa shape index (κ2) is 13.6. The van der Waals surface area contributed by atoms with Crippen LogP contribution in [0.2, 0.25) is 0 Å². The van der Waals surface area contributed by atoms with Gasteiger partial charge in [-0.15, -0.1) is 0 Å². The maximum atomic E-state index is 14.0. The first-order valence-electron chi connectivity index (χ1n) is 13.6. The van der Waals surface area contributed by atoms with E-state index in [1.807, 2.05) is 12.1 Å². The summed E-state index contributed by atoms with van der Waals surface area (Å²) in [5.74, 6) is 2.12. The molecule has 0 aliphatic carbocycles. The Balaban J connectivity index is 1.87. The molecule has 9 nitrogen and oxygen atoms in total. The van der Waals surface area contributed by atoms with Crippen molar-refractivity contribution in [3.05, 3.63) is 91.1 Å². The highest BCUT2D eigenvalue weighted by Gasteiger charge is 2.34. The number of carbonyl (C=O) groups excluding carboxylic acids is 1. The smallest absolute Gasteiger partial charge is 0.338 e. The predicted molar refractivity (Wildman–Crippen MR) is 162 cm³/mol. The molecule has 0 N–H and O–H groups in total. The summed E-state index contributed by atoms with van der Waals surface area (Å²) < 4.78 is 29.8. The molecule has 1 atom stereocenters. The minimum absolute atomic E-state index is 0.0258. The summed E-state index contributed by atoms with van der Waals surface area (Å²) in [5.41, 5.74) is 1.83. The van der Waals surface area contributed by atoms with Crippen LogP contribution < -0.4 is 33.8 Å². The molecule has 0 fully saturated rings. The Kier molecular flexibility index (Phi) is 9.90. The Morgan fingerprint density at radius 1 is 1.05 bits per heavy atom. The van der Waals surface area contributed by atoms with Gasteiger partial charge >= 0.3 is 5.97 Å². The Bertz CT molecular complexity index is 1680. The largest absolute Gasteiger partial charge is 0.493 e. The number of esters is 1. The zero-order valence-corrected chi connectivity index (χ0v) is 25.6. The van der Waals surface area contributed by atoms with Gasteiger partial charge in [0.2, 0.25) is 0 Å². The van der Waals surface area contributed by atoms with Crippen molar-refractivity contribution in [1.82, 2.24) is 4.57 Å². The standard InChI is InChI=1S/C32H36N2O7S/c1-8-14-41-31(36)28-20(4)33-32-34(29(28)22-10-12-24(26(18-22)39-7)40-15-13-19(2)3)30(35)27(42-32)17-21-9-11-23(37-5)25(16-21)38-6/h8-12,16-19,29H,1,13-15H2,2-7H3. The van der Waals surface area contributed by atoms with Gasteiger partial charge in [-0.2, -0.15) is 0 Å². The van der Waals surface area contributed by atoms with Crippen molar-refractivity contribution in [1.29, 1.82) is 0 Å². The van der Waals surface area contributed by atoms with Crippen molar-refractivity contribution < 1.29 is 28.5 Å². The van der Waals surface area contributed by atoms with Gasteiger partial charge in [-0.1, -0.05) is 50.0 Å². The van der Waals surface area contributed by atoms with Crippen molar-refractivity contribution >= 4 is 23.4 Å². The molecule has 0 amide bonds. The molecule has 1 unspecified atom stereocenters. The van der Waals surface area contributed by atoms with Crippen LogP contribution in [0.4, 0.5) is 0 Å². The average molecular weight is 593 g/mol. The Morgan fingerprint density at radius 2 is 1.74 bits per heavy atom. The number of allylic oxidation sites excluding steroid dienone is 1. The second-order valence-corrected chi connectivity index (χ2v) is 11.0. The van der Waals surface area contributed by atoms with Gasteiger partial charge in [0.15, 0.2) is 27.8 Å². The number of methoxy groups -OCH3 is 3. The Hall–Kier alpha value is -4.31. The number of benzene rings is 2. The van der Waals surface area contributed by atoms with Crippen LogP contribution in [0.25, 0.3) is 6.08 Å². The van der Waals surface area contributed by atoms with Gasteiger partial charge in [0.25, 0.3) is 5.56 Å². The molecular weight excluding hydrogens is 556 g/mol. The molecule has 3 aromatic rings. The topological polar surface area (TPSA) is 97.6 Å². The number of rotatable bonds is 12. The first-order chi connectivity index (χ1) is 20.2. The van der Waals surface area contributed by atoms with E-state index >= 15 is 0 Å². The quantitative estimate of drug-likeness (QED) is 0.227. The lowest BCUT2D eigenvalue weighted by atomic mass is 9.95. The third kappa shape index (κ3) is 6.44. The molecule has 42 heavy (non-hydrogen) atoms. The van der Waals surface area contributed by atoms with Crippen molar-refractivity contribution in [2.24, 2.45) is 10.9 Å². The van der Waals surface area contributed by atoms with Gasteiger partial charge in [0.05, 0.1) is 49.8 Å². The number of ether oxygens (including phenoxy) is 5. The highest BCUT2D eigenvalue weighted by molar-refractivity contribution is 7.07. The monoisotopic (exact) mass is 592 g/mol. The molecule has 0 bridgehead atoms. The minimum atomic E-state index is -0.801. The summed E-state index contributed by atoms with van der Waals surface area (Å²) in [6.45, 7) is 10.2. The summed E-state index contributed by atoms with van der Waals surface area (Å²) in [5, 5.41) is 0. The lowest BCUT2D eigenvalue weighted by Gasteiger charge is -2.25. The van der Waals surface area contributed by atoms with Gasteiger partial charge in [0, 0.05) is 0 Å². The number of thiazole rings is 1. The fraction of sp³-hybridized carbons (Fsp3) is 0.344. The third-order valence-electron chi connectivity index (χ3n) is 6.74. The molecule has 1 aliphatic heterocycles. The fourth-order valence-electron chi connectivity index (χ4n) is 4.58. The van der Waals surface area contributed by atoms with Crippen molar-refractivity contribution in [2.75, 3.05) is 34.5 Å². The van der Waals surface area contributed by atoms with Gasteiger partial charge in [-0.25, -0.2) is 9.79 Å². The van der Waals surface area contributed by atoms with Crippen LogP contribution in [-0.4, -0.2) is 45.1 Å². The first kappa shape index (κ1) is 30.6. The molecule has 0 spiro atoms. The number of aromatic nitrogens is 1. The zero-order valence-electron chi connectivity index (χ0n) is 24.8. The van der Waals surface area contributed by atoms with E-state index in [2.05, 4.69) is 25.4 Å². The first-order valence-corrected chi connectivity index (χ1v) is 14.4. The summed E-state index contributed by atoms with van der Waals surface area (Å²) in [7, 11) is 4.68. The van der Waals surface area contributed by atoms with E-state index in [0.29, 0.717) is 56.1 Å². The van der Waals surface area contributed by atoms with E-state index in [9.17, 15) is 9.59 Å². The summed E-state index contributed by atoms with van der Waals surface area (Å²) in [6.07, 6.45) is 4.15. The highest BCUT2D eigenvalue weighted by Crippen LogP contribution is 2.36. The Morgan fingerprint density at radius 3 is 2.40 bits per heavy atom. The molecule has 1 aliphatic rings. The molecule has 10 heteroatoms. The lowest BCUT2D eigenvalue weighted by molar-refractivity contribution is -0.138.